The van der Waals surface area contributed by atoms with E-state index in [9.17, 15) is 18.8 Å². The maximum Gasteiger partial charge on any atom is 0.410 e. The summed E-state index contributed by atoms with van der Waals surface area (Å²) in [5.74, 6) is 0.417. The Morgan fingerprint density at radius 1 is 1.04 bits per heavy atom. The first-order chi connectivity index (χ1) is 21.4. The van der Waals surface area contributed by atoms with Crippen LogP contribution in [0.5, 0.6) is 0 Å². The van der Waals surface area contributed by atoms with Gasteiger partial charge in [0.05, 0.1) is 12.2 Å². The van der Waals surface area contributed by atoms with E-state index in [1.807, 2.05) is 50.5 Å². The van der Waals surface area contributed by atoms with Crippen LogP contribution in [0.1, 0.15) is 95.6 Å². The molecule has 1 aliphatic heterocycles. The average Bonchev–Trinajstić information content (AvgIpc) is 2.99. The van der Waals surface area contributed by atoms with Crippen LogP contribution in [0.2, 0.25) is 0 Å². The van der Waals surface area contributed by atoms with Crippen LogP contribution in [0.4, 0.5) is 15.1 Å². The zero-order valence-electron chi connectivity index (χ0n) is 27.9. The van der Waals surface area contributed by atoms with Crippen molar-refractivity contribution in [2.45, 2.75) is 97.8 Å². The Bertz CT molecular complexity index is 1240. The lowest BCUT2D eigenvalue weighted by Gasteiger charge is -2.35. The molecule has 1 N–H and O–H groups in total. The molecule has 11 heteroatoms. The molecule has 0 saturated carbocycles. The topological polar surface area (TPSA) is 108 Å². The van der Waals surface area contributed by atoms with Crippen molar-refractivity contribution in [3.05, 3.63) is 53.6 Å². The molecule has 1 fully saturated rings. The van der Waals surface area contributed by atoms with Gasteiger partial charge in [0, 0.05) is 57.4 Å². The number of anilines is 1. The largest absolute Gasteiger partial charge is 0.444 e. The van der Waals surface area contributed by atoms with Crippen molar-refractivity contribution < 1.29 is 23.5 Å². The van der Waals surface area contributed by atoms with Gasteiger partial charge in [-0.2, -0.15) is 0 Å². The Balaban J connectivity index is 1.51. The molecule has 0 unspecified atom stereocenters. The number of likely N-dealkylation sites (tertiary alicyclic amines) is 1. The molecule has 1 saturated heterocycles. The van der Waals surface area contributed by atoms with E-state index >= 15 is 0 Å². The molecule has 10 nitrogen and oxygen atoms in total. The van der Waals surface area contributed by atoms with Crippen LogP contribution in [-0.4, -0.2) is 87.4 Å². The molecule has 1 aliphatic rings. The molecular formula is C34H51FN6O4. The molecule has 2 aromatic rings. The summed E-state index contributed by atoms with van der Waals surface area (Å²) in [4.78, 5) is 53.2. The number of carbonyl (C=O) groups excluding carboxylic acids is 3. The van der Waals surface area contributed by atoms with Crippen molar-refractivity contribution in [1.82, 2.24) is 24.7 Å². The molecule has 0 spiro atoms. The van der Waals surface area contributed by atoms with Crippen LogP contribution in [0.25, 0.3) is 0 Å². The molecule has 0 aliphatic carbocycles. The van der Waals surface area contributed by atoms with Crippen LogP contribution in [0, 0.1) is 11.7 Å². The van der Waals surface area contributed by atoms with Crippen molar-refractivity contribution in [3.8, 4) is 0 Å². The molecular weight excluding hydrogens is 575 g/mol. The van der Waals surface area contributed by atoms with E-state index in [0.29, 0.717) is 50.7 Å². The van der Waals surface area contributed by atoms with Crippen LogP contribution >= 0.6 is 0 Å². The fraction of sp³-hybridized carbons (Fsp3) is 0.618. The molecule has 1 aromatic carbocycles. The van der Waals surface area contributed by atoms with E-state index in [1.54, 1.807) is 18.1 Å². The standard InChI is InChI=1S/C34H51FN6O4/c1-25(2)41(31(43)27-12-14-28(35)15-13-27)20-10-8-7-9-11-30(42)40(24-29-16-19-37-32(36-6)38-29)23-26-17-21-39(22-18-26)33(44)45-34(3,4)5/h12-16,19,25-26H,7-11,17-18,20-24H2,1-6H3,(H,36,37,38). The minimum atomic E-state index is -0.532. The van der Waals surface area contributed by atoms with Gasteiger partial charge in [0.15, 0.2) is 0 Å². The first kappa shape index (κ1) is 35.7. The molecule has 1 aromatic heterocycles. The van der Waals surface area contributed by atoms with Crippen LogP contribution in [0.15, 0.2) is 36.5 Å². The number of hydrogen-bond acceptors (Lipinski definition) is 7. The number of unbranched alkanes of at least 4 members (excludes halogenated alkanes) is 3. The molecule has 3 rings (SSSR count). The van der Waals surface area contributed by atoms with Crippen LogP contribution < -0.4 is 5.32 Å². The fourth-order valence-electron chi connectivity index (χ4n) is 5.41. The highest BCUT2D eigenvalue weighted by Gasteiger charge is 2.29. The number of ether oxygens (including phenoxy) is 1. The molecule has 0 atom stereocenters. The highest BCUT2D eigenvalue weighted by Crippen LogP contribution is 2.22. The van der Waals surface area contributed by atoms with Crippen LogP contribution in [-0.2, 0) is 16.1 Å². The number of nitrogens with one attached hydrogen (secondary N) is 1. The van der Waals surface area contributed by atoms with Gasteiger partial charge in [-0.25, -0.2) is 19.2 Å². The number of halogens is 1. The highest BCUT2D eigenvalue weighted by atomic mass is 19.1. The van der Waals surface area contributed by atoms with E-state index in [2.05, 4.69) is 15.3 Å². The van der Waals surface area contributed by atoms with Gasteiger partial charge in [-0.05, 0) is 96.6 Å². The van der Waals surface area contributed by atoms with E-state index in [0.717, 1.165) is 44.2 Å². The summed E-state index contributed by atoms with van der Waals surface area (Å²) in [6.07, 6.45) is 6.80. The quantitative estimate of drug-likeness (QED) is 0.251. The molecule has 248 valence electrons. The summed E-state index contributed by atoms with van der Waals surface area (Å²) >= 11 is 0. The molecule has 2 heterocycles. The minimum absolute atomic E-state index is 0.0268. The lowest BCUT2D eigenvalue weighted by atomic mass is 9.96. The second kappa shape index (κ2) is 17.1. The van der Waals surface area contributed by atoms with Gasteiger partial charge in [-0.15, -0.1) is 0 Å². The third-order valence-electron chi connectivity index (χ3n) is 7.90. The lowest BCUT2D eigenvalue weighted by molar-refractivity contribution is -0.133. The van der Waals surface area contributed by atoms with E-state index in [-0.39, 0.29) is 35.7 Å². The van der Waals surface area contributed by atoms with Gasteiger partial charge >= 0.3 is 6.09 Å². The van der Waals surface area contributed by atoms with E-state index < -0.39 is 5.60 Å². The predicted octanol–water partition coefficient (Wildman–Crippen LogP) is 6.13. The van der Waals surface area contributed by atoms with Gasteiger partial charge in [-0.3, -0.25) is 9.59 Å². The third kappa shape index (κ3) is 11.9. The zero-order chi connectivity index (χ0) is 33.0. The second-order valence-electron chi connectivity index (χ2n) is 13.1. The normalized spacial score (nSPS) is 13.9. The SMILES string of the molecule is CNc1nccc(CN(CC2CCN(C(=O)OC(C)(C)C)CC2)C(=O)CCCCCCN(C(=O)c2ccc(F)cc2)C(C)C)n1. The van der Waals surface area contributed by atoms with Crippen molar-refractivity contribution in [1.29, 1.82) is 0 Å². The van der Waals surface area contributed by atoms with Crippen molar-refractivity contribution >= 4 is 23.9 Å². The summed E-state index contributed by atoms with van der Waals surface area (Å²) in [5, 5.41) is 2.96. The van der Waals surface area contributed by atoms with Gasteiger partial charge in [0.2, 0.25) is 11.9 Å². The van der Waals surface area contributed by atoms with Crippen molar-refractivity contribution in [2.75, 3.05) is 38.5 Å². The lowest BCUT2D eigenvalue weighted by Crippen LogP contribution is -2.44. The highest BCUT2D eigenvalue weighted by molar-refractivity contribution is 5.94. The number of aromatic nitrogens is 2. The van der Waals surface area contributed by atoms with Gasteiger partial charge < -0.3 is 24.8 Å². The number of nitrogens with zero attached hydrogens (tertiary/aromatic N) is 5. The number of piperidine rings is 1. The van der Waals surface area contributed by atoms with Gasteiger partial charge in [0.25, 0.3) is 5.91 Å². The Morgan fingerprint density at radius 2 is 1.71 bits per heavy atom. The van der Waals surface area contributed by atoms with Gasteiger partial charge in [0.1, 0.15) is 11.4 Å². The summed E-state index contributed by atoms with van der Waals surface area (Å²) in [6.45, 7) is 12.4. The molecule has 45 heavy (non-hydrogen) atoms. The van der Waals surface area contributed by atoms with Crippen molar-refractivity contribution in [3.63, 3.8) is 0 Å². The Morgan fingerprint density at radius 3 is 2.33 bits per heavy atom. The summed E-state index contributed by atoms with van der Waals surface area (Å²) in [6, 6.07) is 7.53. The van der Waals surface area contributed by atoms with E-state index in [1.165, 1.54) is 24.3 Å². The van der Waals surface area contributed by atoms with E-state index in [4.69, 9.17) is 4.74 Å². The molecule has 0 radical (unpaired) electrons. The smallest absolute Gasteiger partial charge is 0.410 e. The first-order valence-corrected chi connectivity index (χ1v) is 16.2. The number of benzene rings is 1. The van der Waals surface area contributed by atoms with Crippen LogP contribution in [0.3, 0.4) is 0 Å². The summed E-state index contributed by atoms with van der Waals surface area (Å²) in [5.41, 5.74) is 0.723. The summed E-state index contributed by atoms with van der Waals surface area (Å²) < 4.78 is 18.8. The number of hydrogen-bond donors (Lipinski definition) is 1. The molecule has 0 bridgehead atoms. The fourth-order valence-corrected chi connectivity index (χ4v) is 5.41. The number of rotatable bonds is 14. The first-order valence-electron chi connectivity index (χ1n) is 16.2. The second-order valence-corrected chi connectivity index (χ2v) is 13.1. The average molecular weight is 627 g/mol. The minimum Gasteiger partial charge on any atom is -0.444 e. The molecule has 3 amide bonds. The Labute approximate surface area is 267 Å². The van der Waals surface area contributed by atoms with Crippen molar-refractivity contribution in [2.24, 2.45) is 5.92 Å². The number of amides is 3. The summed E-state index contributed by atoms with van der Waals surface area (Å²) in [7, 11) is 1.76. The maximum atomic E-state index is 13.5. The Hall–Kier alpha value is -3.76. The Kier molecular flexibility index (Phi) is 13.6. The van der Waals surface area contributed by atoms with Gasteiger partial charge in [-0.1, -0.05) is 12.8 Å². The maximum absolute atomic E-state index is 13.5. The predicted molar refractivity (Wildman–Crippen MR) is 173 cm³/mol. The monoisotopic (exact) mass is 626 g/mol. The number of carbonyl (C=O) groups is 3. The third-order valence-corrected chi connectivity index (χ3v) is 7.90. The zero-order valence-corrected chi connectivity index (χ0v) is 27.9.